The largest absolute Gasteiger partial charge is 0.437 e. The highest BCUT2D eigenvalue weighted by Gasteiger charge is 2.42. The lowest BCUT2D eigenvalue weighted by molar-refractivity contribution is -0.141. The summed E-state index contributed by atoms with van der Waals surface area (Å²) in [7, 11) is 0. The molecule has 2 saturated heterocycles. The van der Waals surface area contributed by atoms with Crippen LogP contribution in [0.1, 0.15) is 58.1 Å². The number of Topliss-reactive ketones (excluding diaryl/α,β-unsaturated/α-hetero) is 1. The molecule has 8 nitrogen and oxygen atoms in total. The van der Waals surface area contributed by atoms with Gasteiger partial charge in [0.1, 0.15) is 5.82 Å². The fraction of sp³-hybridized carbons (Fsp3) is 0.371. The molecule has 4 aromatic rings. The number of hydrogen-bond acceptors (Lipinski definition) is 7. The minimum atomic E-state index is -4.84. The third-order valence-corrected chi connectivity index (χ3v) is 9.19. The molecule has 47 heavy (non-hydrogen) atoms. The average molecular weight is 666 g/mol. The highest BCUT2D eigenvalue weighted by Crippen LogP contribution is 2.37. The van der Waals surface area contributed by atoms with E-state index >= 15 is 0 Å². The topological polar surface area (TPSA) is 82.8 Å². The molecule has 0 atom stereocenters. The minimum absolute atomic E-state index is 0.00670. The van der Waals surface area contributed by atoms with Crippen LogP contribution in [-0.2, 0) is 23.8 Å². The van der Waals surface area contributed by atoms with Gasteiger partial charge in [0.25, 0.3) is 6.01 Å². The number of pyridine rings is 1. The van der Waals surface area contributed by atoms with Crippen molar-refractivity contribution >= 4 is 35.1 Å². The van der Waals surface area contributed by atoms with E-state index in [9.17, 15) is 22.8 Å². The van der Waals surface area contributed by atoms with Crippen LogP contribution in [0.4, 0.5) is 25.0 Å². The fourth-order valence-electron chi connectivity index (χ4n) is 6.24. The predicted octanol–water partition coefficient (Wildman–Crippen LogP) is 6.83. The lowest BCUT2D eigenvalue weighted by atomic mass is 9.90. The number of piperidine rings is 1. The van der Waals surface area contributed by atoms with Crippen molar-refractivity contribution in [3.8, 4) is 0 Å². The zero-order valence-electron chi connectivity index (χ0n) is 25.8. The number of rotatable bonds is 8. The SMILES string of the molecule is O=C(Cc1ccc(N2CCCN(C(=O)Cc3ccccc3Cl)CC2)nc1)c1oc(N2CCC(c3ccccc3)CC2)nc1C(F)(F)F. The summed E-state index contributed by atoms with van der Waals surface area (Å²) in [6.07, 6.45) is -1.20. The van der Waals surface area contributed by atoms with Crippen LogP contribution in [0.5, 0.6) is 0 Å². The molecule has 2 aromatic heterocycles. The first-order chi connectivity index (χ1) is 22.7. The van der Waals surface area contributed by atoms with Crippen LogP contribution in [0.25, 0.3) is 0 Å². The van der Waals surface area contributed by atoms with Gasteiger partial charge in [-0.15, -0.1) is 0 Å². The number of carbonyl (C=O) groups is 2. The summed E-state index contributed by atoms with van der Waals surface area (Å²) < 4.78 is 47.4. The second kappa shape index (κ2) is 14.2. The van der Waals surface area contributed by atoms with E-state index < -0.39 is 23.4 Å². The van der Waals surface area contributed by atoms with Crippen molar-refractivity contribution in [2.24, 2.45) is 0 Å². The van der Waals surface area contributed by atoms with Crippen molar-refractivity contribution in [3.63, 3.8) is 0 Å². The van der Waals surface area contributed by atoms with Gasteiger partial charge in [-0.2, -0.15) is 18.2 Å². The average Bonchev–Trinajstić information content (AvgIpc) is 3.40. The molecule has 0 unspecified atom stereocenters. The molecule has 2 aliphatic heterocycles. The fourth-order valence-corrected chi connectivity index (χ4v) is 6.44. The molecule has 6 rings (SSSR count). The molecular formula is C35H35ClF3N5O3. The van der Waals surface area contributed by atoms with E-state index in [4.69, 9.17) is 16.0 Å². The smallest absolute Gasteiger partial charge is 0.420 e. The molecule has 1 amide bonds. The van der Waals surface area contributed by atoms with E-state index in [1.807, 2.05) is 41.3 Å². The molecule has 4 heterocycles. The first kappa shape index (κ1) is 32.6. The Hall–Kier alpha value is -4.38. The number of nitrogens with zero attached hydrogens (tertiary/aromatic N) is 5. The number of oxazole rings is 1. The molecule has 2 fully saturated rings. The van der Waals surface area contributed by atoms with Crippen molar-refractivity contribution in [2.45, 2.75) is 44.2 Å². The quantitative estimate of drug-likeness (QED) is 0.191. The second-order valence-corrected chi connectivity index (χ2v) is 12.4. The summed E-state index contributed by atoms with van der Waals surface area (Å²) in [6, 6.07) is 20.6. The second-order valence-electron chi connectivity index (χ2n) is 12.0. The Bertz CT molecular complexity index is 1690. The van der Waals surface area contributed by atoms with Gasteiger partial charge >= 0.3 is 6.18 Å². The number of benzene rings is 2. The molecule has 246 valence electrons. The predicted molar refractivity (Wildman–Crippen MR) is 173 cm³/mol. The van der Waals surface area contributed by atoms with E-state index in [2.05, 4.69) is 27.0 Å². The molecule has 2 aromatic carbocycles. The minimum Gasteiger partial charge on any atom is -0.420 e. The summed E-state index contributed by atoms with van der Waals surface area (Å²) in [6.45, 7) is 3.32. The third kappa shape index (κ3) is 7.78. The highest BCUT2D eigenvalue weighted by molar-refractivity contribution is 6.31. The molecule has 2 aliphatic rings. The molecular weight excluding hydrogens is 631 g/mol. The summed E-state index contributed by atoms with van der Waals surface area (Å²) in [5.41, 5.74) is 1.15. The third-order valence-electron chi connectivity index (χ3n) is 8.82. The van der Waals surface area contributed by atoms with E-state index in [0.29, 0.717) is 61.6 Å². The molecule has 0 radical (unpaired) electrons. The maximum atomic E-state index is 14.0. The van der Waals surface area contributed by atoms with Crippen molar-refractivity contribution in [1.29, 1.82) is 0 Å². The lowest BCUT2D eigenvalue weighted by Crippen LogP contribution is -2.36. The Morgan fingerprint density at radius 3 is 2.30 bits per heavy atom. The molecule has 0 bridgehead atoms. The Morgan fingerprint density at radius 1 is 0.851 bits per heavy atom. The van der Waals surface area contributed by atoms with Gasteiger partial charge in [0.05, 0.1) is 6.42 Å². The van der Waals surface area contributed by atoms with Crippen molar-refractivity contribution in [1.82, 2.24) is 14.9 Å². The van der Waals surface area contributed by atoms with E-state index in [0.717, 1.165) is 24.8 Å². The lowest BCUT2D eigenvalue weighted by Gasteiger charge is -2.31. The first-order valence-corrected chi connectivity index (χ1v) is 16.2. The number of ketones is 1. The van der Waals surface area contributed by atoms with Crippen molar-refractivity contribution < 1.29 is 27.2 Å². The Kier molecular flexibility index (Phi) is 9.81. The number of aromatic nitrogens is 2. The maximum absolute atomic E-state index is 14.0. The van der Waals surface area contributed by atoms with Gasteiger partial charge in [0.15, 0.2) is 5.69 Å². The van der Waals surface area contributed by atoms with E-state index in [-0.39, 0.29) is 24.8 Å². The number of anilines is 2. The van der Waals surface area contributed by atoms with Crippen LogP contribution in [0.15, 0.2) is 77.3 Å². The summed E-state index contributed by atoms with van der Waals surface area (Å²) in [4.78, 5) is 39.9. The summed E-state index contributed by atoms with van der Waals surface area (Å²) >= 11 is 6.24. The highest BCUT2D eigenvalue weighted by atomic mass is 35.5. The number of halogens is 4. The van der Waals surface area contributed by atoms with Crippen molar-refractivity contribution in [2.75, 3.05) is 49.1 Å². The Morgan fingerprint density at radius 2 is 1.60 bits per heavy atom. The van der Waals surface area contributed by atoms with Gasteiger partial charge in [0, 0.05) is 56.9 Å². The molecule has 0 saturated carbocycles. The first-order valence-electron chi connectivity index (χ1n) is 15.8. The number of alkyl halides is 3. The van der Waals surface area contributed by atoms with Gasteiger partial charge < -0.3 is 19.1 Å². The van der Waals surface area contributed by atoms with Gasteiger partial charge in [-0.1, -0.05) is 66.2 Å². The normalized spacial score (nSPS) is 16.3. The van der Waals surface area contributed by atoms with Crippen LogP contribution in [-0.4, -0.2) is 65.8 Å². The van der Waals surface area contributed by atoms with Crippen molar-refractivity contribution in [3.05, 3.63) is 106 Å². The van der Waals surface area contributed by atoms with Gasteiger partial charge in [0.2, 0.25) is 17.5 Å². The number of hydrogen-bond donors (Lipinski definition) is 0. The van der Waals surface area contributed by atoms with Gasteiger partial charge in [-0.25, -0.2) is 4.98 Å². The zero-order chi connectivity index (χ0) is 33.0. The maximum Gasteiger partial charge on any atom is 0.437 e. The van der Waals surface area contributed by atoms with Crippen LogP contribution in [0, 0.1) is 0 Å². The van der Waals surface area contributed by atoms with Crippen LogP contribution < -0.4 is 9.80 Å². The molecule has 0 N–H and O–H groups in total. The summed E-state index contributed by atoms with van der Waals surface area (Å²) in [5.74, 6) is -0.621. The Labute approximate surface area is 276 Å². The van der Waals surface area contributed by atoms with Crippen LogP contribution in [0.2, 0.25) is 5.02 Å². The standard InChI is InChI=1S/C35H35ClF3N5O3/c36-28-10-5-4-9-27(28)22-31(46)43-16-6-15-42(19-20-43)30-12-11-24(23-40-30)21-29(45)32-33(35(37,38)39)41-34(47-32)44-17-13-26(14-18-44)25-7-2-1-3-8-25/h1-5,7-12,23,26H,6,13-22H2. The van der Waals surface area contributed by atoms with E-state index in [1.54, 1.807) is 23.1 Å². The summed E-state index contributed by atoms with van der Waals surface area (Å²) in [5, 5.41) is 0.567. The molecule has 0 aliphatic carbocycles. The monoisotopic (exact) mass is 665 g/mol. The van der Waals surface area contributed by atoms with Crippen LogP contribution in [0.3, 0.4) is 0 Å². The number of carbonyl (C=O) groups excluding carboxylic acids is 2. The zero-order valence-corrected chi connectivity index (χ0v) is 26.5. The van der Waals surface area contributed by atoms with E-state index in [1.165, 1.54) is 11.8 Å². The van der Waals surface area contributed by atoms with Gasteiger partial charge in [-0.05, 0) is 54.0 Å². The molecule has 12 heteroatoms. The number of amides is 1. The Balaban J connectivity index is 1.07. The molecule has 0 spiro atoms. The van der Waals surface area contributed by atoms with Gasteiger partial charge in [-0.3, -0.25) is 9.59 Å². The van der Waals surface area contributed by atoms with Crippen LogP contribution >= 0.6 is 11.6 Å².